The normalized spacial score (nSPS) is 38.4. The average molecular weight is 268 g/mol. The monoisotopic (exact) mass is 268 g/mol. The van der Waals surface area contributed by atoms with Crippen molar-refractivity contribution in [2.75, 3.05) is 13.3 Å². The molecule has 0 aromatic heterocycles. The van der Waals surface area contributed by atoms with E-state index < -0.39 is 0 Å². The molecule has 2 aliphatic carbocycles. The minimum atomic E-state index is 0.393. The predicted molar refractivity (Wildman–Crippen MR) is 89.2 cm³/mol. The third kappa shape index (κ3) is 3.98. The van der Waals surface area contributed by atoms with E-state index in [-0.39, 0.29) is 0 Å². The van der Waals surface area contributed by atoms with E-state index in [9.17, 15) is 0 Å². The van der Waals surface area contributed by atoms with Crippen molar-refractivity contribution < 1.29 is 0 Å². The molecule has 2 fully saturated rings. The number of hydrogen-bond donors (Lipinski definition) is 0. The lowest BCUT2D eigenvalue weighted by molar-refractivity contribution is 0.802. The van der Waals surface area contributed by atoms with Gasteiger partial charge in [0.1, 0.15) is 14.0 Å². The van der Waals surface area contributed by atoms with E-state index in [0.717, 1.165) is 11.8 Å². The summed E-state index contributed by atoms with van der Waals surface area (Å²) in [7, 11) is 0.785. The molecular formula is C13H28B2P2. The minimum Gasteiger partial charge on any atom is -0.145 e. The summed E-state index contributed by atoms with van der Waals surface area (Å²) in [4.78, 5) is 0. The summed E-state index contributed by atoms with van der Waals surface area (Å²) < 4.78 is 0. The highest BCUT2D eigenvalue weighted by Crippen LogP contribution is 2.58. The van der Waals surface area contributed by atoms with Crippen LogP contribution in [-0.4, -0.2) is 38.6 Å². The summed E-state index contributed by atoms with van der Waals surface area (Å²) in [6, 6.07) is 0. The highest BCUT2D eigenvalue weighted by Gasteiger charge is 2.40. The zero-order chi connectivity index (χ0) is 12.4. The summed E-state index contributed by atoms with van der Waals surface area (Å²) in [5.74, 6) is 2.25. The van der Waals surface area contributed by atoms with E-state index in [1.54, 1.807) is 33.1 Å². The summed E-state index contributed by atoms with van der Waals surface area (Å²) in [5.41, 5.74) is 2.34. The molecule has 2 rings (SSSR count). The first kappa shape index (κ1) is 14.4. The maximum Gasteiger partial charge on any atom is 0.145 e. The van der Waals surface area contributed by atoms with Crippen molar-refractivity contribution in [2.24, 2.45) is 11.8 Å². The zero-order valence-electron chi connectivity index (χ0n) is 12.2. The Kier molecular flexibility index (Phi) is 5.45. The van der Waals surface area contributed by atoms with E-state index >= 15 is 0 Å². The highest BCUT2D eigenvalue weighted by molar-refractivity contribution is 7.90. The summed E-state index contributed by atoms with van der Waals surface area (Å²) in [5, 5.41) is 0. The lowest BCUT2D eigenvalue weighted by Gasteiger charge is -2.13. The second kappa shape index (κ2) is 6.43. The molecule has 0 nitrogen and oxygen atoms in total. The third-order valence-electron chi connectivity index (χ3n) is 4.97. The second-order valence-electron chi connectivity index (χ2n) is 6.26. The van der Waals surface area contributed by atoms with Gasteiger partial charge >= 0.3 is 0 Å². The van der Waals surface area contributed by atoms with Gasteiger partial charge in [-0.1, -0.05) is 46.2 Å². The molecule has 17 heavy (non-hydrogen) atoms. The molecule has 6 atom stereocenters. The van der Waals surface area contributed by atoms with Gasteiger partial charge in [-0.15, -0.1) is 15.6 Å². The van der Waals surface area contributed by atoms with Crippen LogP contribution in [-0.2, 0) is 0 Å². The molecule has 0 radical (unpaired) electrons. The van der Waals surface area contributed by atoms with Crippen LogP contribution in [0.5, 0.6) is 0 Å². The van der Waals surface area contributed by atoms with Crippen molar-refractivity contribution in [2.45, 2.75) is 57.1 Å². The van der Waals surface area contributed by atoms with E-state index in [0.29, 0.717) is 15.6 Å². The van der Waals surface area contributed by atoms with E-state index in [1.165, 1.54) is 24.2 Å². The van der Waals surface area contributed by atoms with Crippen LogP contribution in [0.25, 0.3) is 0 Å². The van der Waals surface area contributed by atoms with Crippen molar-refractivity contribution >= 4 is 29.6 Å². The SMILES string of the molecule is CCC1CC1P(C)BCBP(C)C1CC1CC. The van der Waals surface area contributed by atoms with Gasteiger partial charge in [-0.2, -0.15) is 0 Å². The van der Waals surface area contributed by atoms with Crippen molar-refractivity contribution in [3.63, 3.8) is 0 Å². The summed E-state index contributed by atoms with van der Waals surface area (Å²) in [6.45, 7) is 13.0. The Labute approximate surface area is 112 Å². The topological polar surface area (TPSA) is 0 Å². The molecule has 0 spiro atoms. The summed E-state index contributed by atoms with van der Waals surface area (Å²) >= 11 is 0. The van der Waals surface area contributed by atoms with Gasteiger partial charge in [0.05, 0.1) is 0 Å². The fraction of sp³-hybridized carbons (Fsp3) is 1.00. The van der Waals surface area contributed by atoms with Gasteiger partial charge in [-0.05, 0) is 36.0 Å². The maximum atomic E-state index is 2.57. The van der Waals surface area contributed by atoms with E-state index in [4.69, 9.17) is 0 Å². The molecule has 96 valence electrons. The Bertz CT molecular complexity index is 226. The Morgan fingerprint density at radius 3 is 1.59 bits per heavy atom. The van der Waals surface area contributed by atoms with Gasteiger partial charge in [0, 0.05) is 0 Å². The lowest BCUT2D eigenvalue weighted by Crippen LogP contribution is -2.01. The molecule has 0 bridgehead atoms. The Hall–Kier alpha value is 0.990. The van der Waals surface area contributed by atoms with E-state index in [2.05, 4.69) is 27.2 Å². The standard InChI is InChI=1S/C13H28B2P2/c1-5-10-7-12(10)16(3)14-9-15-17(4)13-8-11(13)6-2/h10-15H,5-9H2,1-4H3. The highest BCUT2D eigenvalue weighted by atomic mass is 31.1. The molecular weight excluding hydrogens is 240 g/mol. The van der Waals surface area contributed by atoms with E-state index in [1.807, 2.05) is 0 Å². The van der Waals surface area contributed by atoms with Crippen molar-refractivity contribution in [1.82, 2.24) is 0 Å². The predicted octanol–water partition coefficient (Wildman–Crippen LogP) is 3.89. The summed E-state index contributed by atoms with van der Waals surface area (Å²) in [6.07, 6.45) is 7.57. The molecule has 2 saturated carbocycles. The third-order valence-corrected chi connectivity index (χ3v) is 10.5. The van der Waals surface area contributed by atoms with Gasteiger partial charge in [-0.3, -0.25) is 0 Å². The first-order valence-electron chi connectivity index (χ1n) is 7.57. The molecule has 0 N–H and O–H groups in total. The van der Waals surface area contributed by atoms with Crippen LogP contribution in [0.3, 0.4) is 0 Å². The van der Waals surface area contributed by atoms with Gasteiger partial charge in [0.15, 0.2) is 0 Å². The van der Waals surface area contributed by atoms with Crippen LogP contribution in [0.15, 0.2) is 0 Å². The van der Waals surface area contributed by atoms with Crippen molar-refractivity contribution in [1.29, 1.82) is 0 Å². The van der Waals surface area contributed by atoms with Gasteiger partial charge in [0.25, 0.3) is 0 Å². The maximum absolute atomic E-state index is 2.57. The molecule has 0 aromatic rings. The molecule has 0 aromatic carbocycles. The Balaban J connectivity index is 1.54. The average Bonchev–Trinajstić information content (AvgIpc) is 3.20. The molecule has 0 heterocycles. The smallest absolute Gasteiger partial charge is 0.145 e. The fourth-order valence-corrected chi connectivity index (χ4v) is 8.67. The van der Waals surface area contributed by atoms with Gasteiger partial charge in [-0.25, -0.2) is 0 Å². The molecule has 0 amide bonds. The van der Waals surface area contributed by atoms with Crippen LogP contribution in [0.4, 0.5) is 0 Å². The van der Waals surface area contributed by atoms with Gasteiger partial charge in [0.2, 0.25) is 0 Å². The van der Waals surface area contributed by atoms with Crippen LogP contribution >= 0.6 is 15.6 Å². The molecule has 2 aliphatic rings. The molecule has 6 unspecified atom stereocenters. The van der Waals surface area contributed by atoms with Crippen molar-refractivity contribution in [3.05, 3.63) is 0 Å². The van der Waals surface area contributed by atoms with Gasteiger partial charge < -0.3 is 0 Å². The van der Waals surface area contributed by atoms with Crippen LogP contribution in [0, 0.1) is 11.8 Å². The Morgan fingerprint density at radius 2 is 1.29 bits per heavy atom. The fourth-order valence-electron chi connectivity index (χ4n) is 3.32. The number of hydrogen-bond acceptors (Lipinski definition) is 0. The van der Waals surface area contributed by atoms with Crippen LogP contribution < -0.4 is 0 Å². The first-order chi connectivity index (χ1) is 8.17. The first-order valence-corrected chi connectivity index (χ1v) is 11.7. The lowest BCUT2D eigenvalue weighted by atomic mass is 9.84. The largest absolute Gasteiger partial charge is 0.145 e. The molecule has 0 aliphatic heterocycles. The van der Waals surface area contributed by atoms with Crippen molar-refractivity contribution in [3.8, 4) is 0 Å². The number of rotatable bonds is 8. The zero-order valence-corrected chi connectivity index (χ0v) is 13.9. The van der Waals surface area contributed by atoms with Crippen LogP contribution in [0.2, 0.25) is 6.22 Å². The van der Waals surface area contributed by atoms with Crippen LogP contribution in [0.1, 0.15) is 39.5 Å². The Morgan fingerprint density at radius 1 is 0.882 bits per heavy atom. The molecule has 4 heteroatoms. The minimum absolute atomic E-state index is 0.393. The molecule has 0 saturated heterocycles. The quantitative estimate of drug-likeness (QED) is 0.462. The second-order valence-corrected chi connectivity index (χ2v) is 11.5.